The monoisotopic (exact) mass is 298 g/mol. The molecule has 4 nitrogen and oxygen atoms in total. The SMILES string of the molecule is O=c1ccccn1CC1(O)CCN(Cc2ccccc2)CC1. The maximum absolute atomic E-state index is 11.8. The van der Waals surface area contributed by atoms with Gasteiger partial charge in [-0.25, -0.2) is 0 Å². The minimum absolute atomic E-state index is 0.0531. The summed E-state index contributed by atoms with van der Waals surface area (Å²) >= 11 is 0. The first-order chi connectivity index (χ1) is 10.6. The van der Waals surface area contributed by atoms with Crippen LogP contribution in [-0.4, -0.2) is 33.3 Å². The molecule has 4 heteroatoms. The minimum Gasteiger partial charge on any atom is -0.388 e. The number of nitrogens with zero attached hydrogens (tertiary/aromatic N) is 2. The second-order valence-corrected chi connectivity index (χ2v) is 6.15. The van der Waals surface area contributed by atoms with E-state index < -0.39 is 5.60 Å². The van der Waals surface area contributed by atoms with Crippen molar-refractivity contribution in [3.8, 4) is 0 Å². The molecule has 0 radical (unpaired) electrons. The zero-order valence-electron chi connectivity index (χ0n) is 12.7. The summed E-state index contributed by atoms with van der Waals surface area (Å²) in [6.45, 7) is 3.01. The Hall–Kier alpha value is -1.91. The van der Waals surface area contributed by atoms with Gasteiger partial charge in [0.25, 0.3) is 5.56 Å². The Labute approximate surface area is 130 Å². The Kier molecular flexibility index (Phi) is 4.41. The lowest BCUT2D eigenvalue weighted by atomic mass is 9.91. The quantitative estimate of drug-likeness (QED) is 0.937. The fourth-order valence-corrected chi connectivity index (χ4v) is 3.04. The fourth-order valence-electron chi connectivity index (χ4n) is 3.04. The Morgan fingerprint density at radius 3 is 2.36 bits per heavy atom. The normalized spacial score (nSPS) is 18.2. The average molecular weight is 298 g/mol. The molecule has 1 fully saturated rings. The number of aliphatic hydroxyl groups is 1. The van der Waals surface area contributed by atoms with Crippen LogP contribution in [0.4, 0.5) is 0 Å². The number of aromatic nitrogens is 1. The zero-order chi connectivity index (χ0) is 15.4. The molecule has 116 valence electrons. The van der Waals surface area contributed by atoms with E-state index in [9.17, 15) is 9.90 Å². The number of hydrogen-bond donors (Lipinski definition) is 1. The van der Waals surface area contributed by atoms with Gasteiger partial charge in [-0.1, -0.05) is 36.4 Å². The number of hydrogen-bond acceptors (Lipinski definition) is 3. The van der Waals surface area contributed by atoms with Crippen molar-refractivity contribution < 1.29 is 5.11 Å². The third-order valence-electron chi connectivity index (χ3n) is 4.40. The number of pyridine rings is 1. The first-order valence-electron chi connectivity index (χ1n) is 7.79. The Bertz CT molecular complexity index is 658. The topological polar surface area (TPSA) is 45.5 Å². The van der Waals surface area contributed by atoms with Crippen LogP contribution in [0.1, 0.15) is 18.4 Å². The molecule has 0 amide bonds. The molecule has 0 unspecified atom stereocenters. The molecular formula is C18H22N2O2. The minimum atomic E-state index is -0.779. The molecule has 0 bridgehead atoms. The van der Waals surface area contributed by atoms with Gasteiger partial charge in [0.1, 0.15) is 0 Å². The number of benzene rings is 1. The first kappa shape index (κ1) is 15.0. The molecule has 0 atom stereocenters. The lowest BCUT2D eigenvalue weighted by molar-refractivity contribution is -0.0364. The van der Waals surface area contributed by atoms with Gasteiger partial charge in [-0.15, -0.1) is 0 Å². The van der Waals surface area contributed by atoms with Gasteiger partial charge in [-0.3, -0.25) is 9.69 Å². The summed E-state index contributed by atoms with van der Waals surface area (Å²) < 4.78 is 1.60. The van der Waals surface area contributed by atoms with E-state index in [1.54, 1.807) is 16.8 Å². The van der Waals surface area contributed by atoms with E-state index in [4.69, 9.17) is 0 Å². The highest BCUT2D eigenvalue weighted by atomic mass is 16.3. The molecule has 0 spiro atoms. The molecular weight excluding hydrogens is 276 g/mol. The van der Waals surface area contributed by atoms with E-state index in [2.05, 4.69) is 29.2 Å². The second kappa shape index (κ2) is 6.46. The van der Waals surface area contributed by atoms with E-state index in [0.717, 1.165) is 19.6 Å². The summed E-state index contributed by atoms with van der Waals surface area (Å²) in [5.41, 5.74) is 0.466. The molecule has 1 aromatic carbocycles. The second-order valence-electron chi connectivity index (χ2n) is 6.15. The van der Waals surface area contributed by atoms with Crippen LogP contribution in [0.15, 0.2) is 59.5 Å². The number of likely N-dealkylation sites (tertiary alicyclic amines) is 1. The van der Waals surface area contributed by atoms with Crippen molar-refractivity contribution in [2.75, 3.05) is 13.1 Å². The van der Waals surface area contributed by atoms with Gasteiger partial charge < -0.3 is 9.67 Å². The van der Waals surface area contributed by atoms with Gasteiger partial charge in [-0.2, -0.15) is 0 Å². The molecule has 2 heterocycles. The number of piperidine rings is 1. The lowest BCUT2D eigenvalue weighted by Crippen LogP contribution is -2.47. The van der Waals surface area contributed by atoms with Gasteiger partial charge >= 0.3 is 0 Å². The lowest BCUT2D eigenvalue weighted by Gasteiger charge is -2.38. The molecule has 0 saturated carbocycles. The van der Waals surface area contributed by atoms with Crippen LogP contribution in [-0.2, 0) is 13.1 Å². The van der Waals surface area contributed by atoms with E-state index in [0.29, 0.717) is 19.4 Å². The predicted molar refractivity (Wildman–Crippen MR) is 86.6 cm³/mol. The molecule has 3 rings (SSSR count). The van der Waals surface area contributed by atoms with Crippen molar-refractivity contribution in [1.29, 1.82) is 0 Å². The summed E-state index contributed by atoms with van der Waals surface area (Å²) in [4.78, 5) is 14.1. The van der Waals surface area contributed by atoms with E-state index in [1.165, 1.54) is 11.6 Å². The van der Waals surface area contributed by atoms with Crippen molar-refractivity contribution in [3.05, 3.63) is 70.6 Å². The summed E-state index contributed by atoms with van der Waals surface area (Å²) in [6.07, 6.45) is 3.14. The van der Waals surface area contributed by atoms with Gasteiger partial charge in [-0.05, 0) is 24.5 Å². The van der Waals surface area contributed by atoms with Crippen molar-refractivity contribution in [3.63, 3.8) is 0 Å². The molecule has 1 aromatic heterocycles. The van der Waals surface area contributed by atoms with Crippen LogP contribution in [0.5, 0.6) is 0 Å². The zero-order valence-corrected chi connectivity index (χ0v) is 12.7. The molecule has 22 heavy (non-hydrogen) atoms. The Balaban J connectivity index is 1.59. The number of rotatable bonds is 4. The smallest absolute Gasteiger partial charge is 0.250 e. The summed E-state index contributed by atoms with van der Waals surface area (Å²) in [7, 11) is 0. The van der Waals surface area contributed by atoms with Crippen LogP contribution < -0.4 is 5.56 Å². The van der Waals surface area contributed by atoms with Gasteiger partial charge in [0, 0.05) is 31.9 Å². The third-order valence-corrected chi connectivity index (χ3v) is 4.40. The first-order valence-corrected chi connectivity index (χ1v) is 7.79. The maximum atomic E-state index is 11.8. The molecule has 1 aliphatic rings. The van der Waals surface area contributed by atoms with E-state index in [-0.39, 0.29) is 5.56 Å². The largest absolute Gasteiger partial charge is 0.388 e. The third kappa shape index (κ3) is 3.64. The Morgan fingerprint density at radius 1 is 1.00 bits per heavy atom. The molecule has 0 aliphatic carbocycles. The van der Waals surface area contributed by atoms with Crippen molar-refractivity contribution >= 4 is 0 Å². The average Bonchev–Trinajstić information content (AvgIpc) is 2.53. The highest BCUT2D eigenvalue weighted by Crippen LogP contribution is 2.24. The van der Waals surface area contributed by atoms with Crippen LogP contribution in [0, 0.1) is 0 Å². The maximum Gasteiger partial charge on any atom is 0.250 e. The highest BCUT2D eigenvalue weighted by Gasteiger charge is 2.32. The van der Waals surface area contributed by atoms with Crippen molar-refractivity contribution in [2.45, 2.75) is 31.5 Å². The molecule has 1 aliphatic heterocycles. The fraction of sp³-hybridized carbons (Fsp3) is 0.389. The van der Waals surface area contributed by atoms with Crippen LogP contribution >= 0.6 is 0 Å². The van der Waals surface area contributed by atoms with Crippen LogP contribution in [0.25, 0.3) is 0 Å². The van der Waals surface area contributed by atoms with Crippen molar-refractivity contribution in [2.24, 2.45) is 0 Å². The molecule has 1 saturated heterocycles. The van der Waals surface area contributed by atoms with Crippen LogP contribution in [0.3, 0.4) is 0 Å². The summed E-state index contributed by atoms with van der Waals surface area (Å²) in [5, 5.41) is 10.7. The highest BCUT2D eigenvalue weighted by molar-refractivity contribution is 5.14. The Morgan fingerprint density at radius 2 is 1.68 bits per heavy atom. The van der Waals surface area contributed by atoms with E-state index >= 15 is 0 Å². The molecule has 2 aromatic rings. The predicted octanol–water partition coefficient (Wildman–Crippen LogP) is 1.88. The van der Waals surface area contributed by atoms with Crippen molar-refractivity contribution in [1.82, 2.24) is 9.47 Å². The van der Waals surface area contributed by atoms with Gasteiger partial charge in [0.05, 0.1) is 12.1 Å². The summed E-state index contributed by atoms with van der Waals surface area (Å²) in [5.74, 6) is 0. The standard InChI is InChI=1S/C18H22N2O2/c21-17-8-4-5-11-20(17)15-18(22)9-12-19(13-10-18)14-16-6-2-1-3-7-16/h1-8,11,22H,9-10,12-15H2. The van der Waals surface area contributed by atoms with Gasteiger partial charge in [0.15, 0.2) is 0 Å². The van der Waals surface area contributed by atoms with E-state index in [1.807, 2.05) is 12.1 Å². The molecule has 1 N–H and O–H groups in total. The van der Waals surface area contributed by atoms with Gasteiger partial charge in [0.2, 0.25) is 0 Å². The summed E-state index contributed by atoms with van der Waals surface area (Å²) in [6, 6.07) is 15.5. The van der Waals surface area contributed by atoms with Crippen LogP contribution in [0.2, 0.25) is 0 Å².